The van der Waals surface area contributed by atoms with Gasteiger partial charge in [0, 0.05) is 37.5 Å². The van der Waals surface area contributed by atoms with E-state index in [2.05, 4.69) is 5.32 Å². The van der Waals surface area contributed by atoms with E-state index >= 15 is 0 Å². The summed E-state index contributed by atoms with van der Waals surface area (Å²) in [5.74, 6) is -0.469. The Bertz CT molecular complexity index is 1420. The number of carbonyl (C=O) groups is 2. The number of rotatable bonds is 14. The molecule has 0 saturated heterocycles. The minimum absolute atomic E-state index is 0.0222. The molecule has 0 aromatic heterocycles. The predicted molar refractivity (Wildman–Crippen MR) is 167 cm³/mol. The molecular weight excluding hydrogens is 581 g/mol. The highest BCUT2D eigenvalue weighted by Crippen LogP contribution is 2.31. The van der Waals surface area contributed by atoms with E-state index in [9.17, 15) is 18.0 Å². The van der Waals surface area contributed by atoms with Crippen LogP contribution in [0.15, 0.2) is 72.8 Å². The summed E-state index contributed by atoms with van der Waals surface area (Å²) in [5.41, 5.74) is 3.18. The second-order valence-electron chi connectivity index (χ2n) is 10.0. The summed E-state index contributed by atoms with van der Waals surface area (Å²) in [7, 11) is -3.71. The van der Waals surface area contributed by atoms with Crippen molar-refractivity contribution in [2.45, 2.75) is 52.1 Å². The van der Waals surface area contributed by atoms with Gasteiger partial charge < -0.3 is 10.2 Å². The Kier molecular flexibility index (Phi) is 12.1. The number of hydrogen-bond donors (Lipinski definition) is 1. The lowest BCUT2D eigenvalue weighted by atomic mass is 10.0. The van der Waals surface area contributed by atoms with E-state index in [0.717, 1.165) is 33.7 Å². The maximum atomic E-state index is 13.8. The molecule has 2 amide bonds. The molecule has 0 saturated carbocycles. The molecule has 3 rings (SSSR count). The first-order chi connectivity index (χ1) is 19.5. The predicted octanol–water partition coefficient (Wildman–Crippen LogP) is 6.01. The summed E-state index contributed by atoms with van der Waals surface area (Å²) in [6.45, 7) is 4.73. The average molecular weight is 619 g/mol. The summed E-state index contributed by atoms with van der Waals surface area (Å²) in [4.78, 5) is 28.9. The van der Waals surface area contributed by atoms with E-state index in [0.29, 0.717) is 18.0 Å². The van der Waals surface area contributed by atoms with Crippen LogP contribution in [-0.2, 0) is 32.6 Å². The maximum absolute atomic E-state index is 13.8. The first-order valence-corrected chi connectivity index (χ1v) is 16.2. The van der Waals surface area contributed by atoms with Crippen LogP contribution in [0.2, 0.25) is 10.0 Å². The third-order valence-corrected chi connectivity index (χ3v) is 8.36. The molecular formula is C31H37Cl2N3O4S. The van der Waals surface area contributed by atoms with Crippen molar-refractivity contribution < 1.29 is 18.0 Å². The van der Waals surface area contributed by atoms with Gasteiger partial charge in [-0.05, 0) is 49.1 Å². The highest BCUT2D eigenvalue weighted by molar-refractivity contribution is 7.92. The Morgan fingerprint density at radius 1 is 0.951 bits per heavy atom. The van der Waals surface area contributed by atoms with Gasteiger partial charge in [0.25, 0.3) is 0 Å². The normalized spacial score (nSPS) is 12.0. The Morgan fingerprint density at radius 3 is 2.27 bits per heavy atom. The van der Waals surface area contributed by atoms with Crippen molar-refractivity contribution in [3.8, 4) is 0 Å². The lowest BCUT2D eigenvalue weighted by molar-refractivity contribution is -0.141. The van der Waals surface area contributed by atoms with Gasteiger partial charge in [-0.15, -0.1) is 0 Å². The van der Waals surface area contributed by atoms with Crippen LogP contribution in [0.4, 0.5) is 5.69 Å². The average Bonchev–Trinajstić information content (AvgIpc) is 2.94. The van der Waals surface area contributed by atoms with Gasteiger partial charge in [-0.2, -0.15) is 0 Å². The van der Waals surface area contributed by atoms with E-state index in [-0.39, 0.29) is 48.5 Å². The van der Waals surface area contributed by atoms with Gasteiger partial charge in [-0.1, -0.05) is 90.3 Å². The summed E-state index contributed by atoms with van der Waals surface area (Å²) < 4.78 is 26.5. The molecule has 41 heavy (non-hydrogen) atoms. The number of sulfonamides is 1. The highest BCUT2D eigenvalue weighted by Gasteiger charge is 2.30. The fourth-order valence-electron chi connectivity index (χ4n) is 4.47. The zero-order valence-electron chi connectivity index (χ0n) is 23.6. The van der Waals surface area contributed by atoms with E-state index in [4.69, 9.17) is 23.2 Å². The van der Waals surface area contributed by atoms with E-state index in [1.165, 1.54) is 12.1 Å². The topological polar surface area (TPSA) is 86.8 Å². The number of nitrogens with one attached hydrogen (secondary N) is 1. The van der Waals surface area contributed by atoms with E-state index in [1.807, 2.05) is 68.4 Å². The van der Waals surface area contributed by atoms with Gasteiger partial charge in [-0.3, -0.25) is 13.9 Å². The number of halogens is 2. The molecule has 0 aliphatic carbocycles. The molecule has 0 bridgehead atoms. The number of nitrogens with zero attached hydrogens (tertiary/aromatic N) is 2. The Labute approximate surface area is 253 Å². The van der Waals surface area contributed by atoms with Crippen molar-refractivity contribution in [2.75, 3.05) is 23.7 Å². The van der Waals surface area contributed by atoms with Crippen LogP contribution in [0.5, 0.6) is 0 Å². The number of hydrogen-bond acceptors (Lipinski definition) is 4. The molecule has 1 unspecified atom stereocenters. The van der Waals surface area contributed by atoms with Crippen LogP contribution < -0.4 is 9.62 Å². The number of amides is 2. The largest absolute Gasteiger partial charge is 0.354 e. The SMILES string of the molecule is CCCNC(=O)C(Cc1ccccc1)N(Cc1ccc(C)cc1)C(=O)CCCN(c1cc(Cl)ccc1Cl)S(C)(=O)=O. The third kappa shape index (κ3) is 9.76. The molecule has 220 valence electrons. The smallest absolute Gasteiger partial charge is 0.243 e. The first kappa shape index (κ1) is 32.4. The van der Waals surface area contributed by atoms with Gasteiger partial charge >= 0.3 is 0 Å². The molecule has 10 heteroatoms. The molecule has 1 atom stereocenters. The van der Waals surface area contributed by atoms with Gasteiger partial charge in [0.2, 0.25) is 21.8 Å². The molecule has 7 nitrogen and oxygen atoms in total. The number of anilines is 1. The van der Waals surface area contributed by atoms with Crippen LogP contribution in [0.1, 0.15) is 42.9 Å². The quantitative estimate of drug-likeness (QED) is 0.240. The Balaban J connectivity index is 1.88. The fourth-order valence-corrected chi connectivity index (χ4v) is 5.87. The lowest BCUT2D eigenvalue weighted by Gasteiger charge is -2.32. The van der Waals surface area contributed by atoms with Gasteiger partial charge in [0.15, 0.2) is 0 Å². The highest BCUT2D eigenvalue weighted by atomic mass is 35.5. The summed E-state index contributed by atoms with van der Waals surface area (Å²) >= 11 is 12.4. The van der Waals surface area contributed by atoms with Gasteiger partial charge in [0.05, 0.1) is 17.0 Å². The molecule has 0 spiro atoms. The molecule has 3 aromatic rings. The Hall–Kier alpha value is -3.07. The molecule has 0 heterocycles. The fraction of sp³-hybridized carbons (Fsp3) is 0.355. The number of aryl methyl sites for hydroxylation is 1. The molecule has 1 N–H and O–H groups in total. The zero-order valence-corrected chi connectivity index (χ0v) is 26.0. The standard InChI is InChI=1S/C31H37Cl2N3O4S/c1-4-18-34-31(38)29(20-24-9-6-5-7-10-24)35(22-25-14-12-23(2)13-15-25)30(37)11-8-19-36(41(3,39)40)28-21-26(32)16-17-27(28)33/h5-7,9-10,12-17,21,29H,4,8,11,18-20,22H2,1-3H3,(H,34,38). The van der Waals surface area contributed by atoms with Crippen molar-refractivity contribution in [3.63, 3.8) is 0 Å². The van der Waals surface area contributed by atoms with E-state index < -0.39 is 16.1 Å². The monoisotopic (exact) mass is 617 g/mol. The minimum Gasteiger partial charge on any atom is -0.354 e. The molecule has 0 aliphatic rings. The van der Waals surface area contributed by atoms with Crippen molar-refractivity contribution in [1.29, 1.82) is 0 Å². The van der Waals surface area contributed by atoms with Crippen molar-refractivity contribution in [2.24, 2.45) is 0 Å². The second-order valence-corrected chi connectivity index (χ2v) is 12.8. The number of benzene rings is 3. The summed E-state index contributed by atoms with van der Waals surface area (Å²) in [6, 6.07) is 21.3. The third-order valence-electron chi connectivity index (χ3n) is 6.62. The van der Waals surface area contributed by atoms with Crippen LogP contribution >= 0.6 is 23.2 Å². The van der Waals surface area contributed by atoms with Crippen LogP contribution in [0, 0.1) is 6.92 Å². The van der Waals surface area contributed by atoms with E-state index in [1.54, 1.807) is 11.0 Å². The summed E-state index contributed by atoms with van der Waals surface area (Å²) in [6.07, 6.45) is 2.45. The molecule has 3 aromatic carbocycles. The van der Waals surface area contributed by atoms with Crippen molar-refractivity contribution >= 4 is 50.7 Å². The van der Waals surface area contributed by atoms with Gasteiger partial charge in [0.1, 0.15) is 6.04 Å². The molecule has 0 fully saturated rings. The zero-order chi connectivity index (χ0) is 30.0. The van der Waals surface area contributed by atoms with Crippen LogP contribution in [0.3, 0.4) is 0 Å². The number of carbonyl (C=O) groups excluding carboxylic acids is 2. The van der Waals surface area contributed by atoms with Crippen molar-refractivity contribution in [3.05, 3.63) is 99.5 Å². The van der Waals surface area contributed by atoms with Crippen LogP contribution in [-0.4, -0.2) is 50.5 Å². The minimum atomic E-state index is -3.71. The summed E-state index contributed by atoms with van der Waals surface area (Å²) in [5, 5.41) is 3.55. The molecule has 0 radical (unpaired) electrons. The van der Waals surface area contributed by atoms with Gasteiger partial charge in [-0.25, -0.2) is 8.42 Å². The Morgan fingerprint density at radius 2 is 1.63 bits per heavy atom. The maximum Gasteiger partial charge on any atom is 0.243 e. The first-order valence-electron chi connectivity index (χ1n) is 13.6. The van der Waals surface area contributed by atoms with Crippen LogP contribution in [0.25, 0.3) is 0 Å². The second kappa shape index (κ2) is 15.2. The molecule has 0 aliphatic heterocycles. The van der Waals surface area contributed by atoms with Crippen molar-refractivity contribution in [1.82, 2.24) is 10.2 Å². The lowest BCUT2D eigenvalue weighted by Crippen LogP contribution is -2.50.